The second-order valence-electron chi connectivity index (χ2n) is 4.26. The smallest absolute Gasteiger partial charge is 0.306 e. The zero-order valence-electron chi connectivity index (χ0n) is 11.0. The maximum absolute atomic E-state index is 12.8. The Bertz CT molecular complexity index is 378. The Morgan fingerprint density at radius 1 is 1.26 bits per heavy atom. The first kappa shape index (κ1) is 15.6. The van der Waals surface area contributed by atoms with E-state index < -0.39 is 11.9 Å². The second kappa shape index (κ2) is 8.61. The molecule has 0 amide bonds. The van der Waals surface area contributed by atoms with Gasteiger partial charge in [0.1, 0.15) is 5.82 Å². The molecule has 1 aromatic rings. The Hall–Kier alpha value is -1.46. The third-order valence-corrected chi connectivity index (χ3v) is 2.79. The van der Waals surface area contributed by atoms with Gasteiger partial charge in [-0.25, -0.2) is 4.39 Å². The summed E-state index contributed by atoms with van der Waals surface area (Å²) >= 11 is 0. The molecule has 0 aliphatic heterocycles. The van der Waals surface area contributed by atoms with Gasteiger partial charge >= 0.3 is 5.97 Å². The van der Waals surface area contributed by atoms with E-state index in [0.29, 0.717) is 32.7 Å². The molecule has 19 heavy (non-hydrogen) atoms. The average Bonchev–Trinajstić information content (AvgIpc) is 2.39. The lowest BCUT2D eigenvalue weighted by Gasteiger charge is -2.12. The lowest BCUT2D eigenvalue weighted by Crippen LogP contribution is -2.19. The van der Waals surface area contributed by atoms with Crippen molar-refractivity contribution in [1.29, 1.82) is 0 Å². The number of rotatable bonds is 9. The highest BCUT2D eigenvalue weighted by Gasteiger charge is 2.17. The molecule has 0 aromatic heterocycles. The topological polar surface area (TPSA) is 55.8 Å². The normalized spacial score (nSPS) is 12.3. The molecule has 0 saturated heterocycles. The van der Waals surface area contributed by atoms with Gasteiger partial charge in [-0.15, -0.1) is 0 Å². The predicted molar refractivity (Wildman–Crippen MR) is 68.5 cm³/mol. The minimum absolute atomic E-state index is 0.321. The number of carboxylic acids is 1. The maximum atomic E-state index is 12.8. The molecule has 0 aliphatic rings. The predicted octanol–water partition coefficient (Wildman–Crippen LogP) is 2.12. The number of carboxylic acid groups (broad SMARTS) is 1. The highest BCUT2D eigenvalue weighted by molar-refractivity contribution is 5.70. The summed E-state index contributed by atoms with van der Waals surface area (Å²) in [5.41, 5.74) is 0.811. The number of ether oxygens (including phenoxy) is 2. The van der Waals surface area contributed by atoms with Crippen LogP contribution in [0.4, 0.5) is 4.39 Å². The quantitative estimate of drug-likeness (QED) is 0.698. The number of hydrogen-bond acceptors (Lipinski definition) is 3. The Balaban J connectivity index is 2.40. The van der Waals surface area contributed by atoms with Gasteiger partial charge in [0.25, 0.3) is 0 Å². The van der Waals surface area contributed by atoms with Crippen LogP contribution in [0.5, 0.6) is 0 Å². The molecule has 1 unspecified atom stereocenters. The van der Waals surface area contributed by atoms with E-state index in [9.17, 15) is 9.18 Å². The number of halogens is 1. The van der Waals surface area contributed by atoms with Crippen molar-refractivity contribution in [2.45, 2.75) is 12.8 Å². The molecule has 1 rings (SSSR count). The van der Waals surface area contributed by atoms with Gasteiger partial charge in [0.15, 0.2) is 0 Å². The van der Waals surface area contributed by atoms with Crippen LogP contribution in [-0.2, 0) is 20.7 Å². The van der Waals surface area contributed by atoms with Gasteiger partial charge in [-0.05, 0) is 30.5 Å². The summed E-state index contributed by atoms with van der Waals surface area (Å²) in [7, 11) is 1.58. The van der Waals surface area contributed by atoms with Crippen molar-refractivity contribution in [1.82, 2.24) is 0 Å². The van der Waals surface area contributed by atoms with Crippen LogP contribution in [0, 0.1) is 11.7 Å². The van der Waals surface area contributed by atoms with E-state index in [-0.39, 0.29) is 5.82 Å². The summed E-state index contributed by atoms with van der Waals surface area (Å²) in [6.45, 7) is 1.33. The number of hydrogen-bond donors (Lipinski definition) is 1. The minimum Gasteiger partial charge on any atom is -0.481 e. The monoisotopic (exact) mass is 270 g/mol. The van der Waals surface area contributed by atoms with Crippen molar-refractivity contribution in [2.75, 3.05) is 26.9 Å². The van der Waals surface area contributed by atoms with Crippen LogP contribution in [0.2, 0.25) is 0 Å². The molecule has 1 N–H and O–H groups in total. The first-order chi connectivity index (χ1) is 9.13. The lowest BCUT2D eigenvalue weighted by atomic mass is 9.97. The fourth-order valence-corrected chi connectivity index (χ4v) is 1.69. The van der Waals surface area contributed by atoms with E-state index in [0.717, 1.165) is 5.56 Å². The van der Waals surface area contributed by atoms with E-state index in [4.69, 9.17) is 14.6 Å². The molecular weight excluding hydrogens is 251 g/mol. The molecule has 106 valence electrons. The Morgan fingerprint density at radius 2 is 1.95 bits per heavy atom. The summed E-state index contributed by atoms with van der Waals surface area (Å²) in [6, 6.07) is 5.89. The van der Waals surface area contributed by atoms with Crippen molar-refractivity contribution in [2.24, 2.45) is 5.92 Å². The molecule has 0 saturated carbocycles. The fraction of sp³-hybridized carbons (Fsp3) is 0.500. The molecule has 1 atom stereocenters. The fourth-order valence-electron chi connectivity index (χ4n) is 1.69. The first-order valence-corrected chi connectivity index (χ1v) is 6.17. The summed E-state index contributed by atoms with van der Waals surface area (Å²) in [6.07, 6.45) is 0.805. The van der Waals surface area contributed by atoms with Gasteiger partial charge in [0, 0.05) is 13.7 Å². The molecule has 0 heterocycles. The van der Waals surface area contributed by atoms with Crippen LogP contribution in [0.15, 0.2) is 24.3 Å². The summed E-state index contributed by atoms with van der Waals surface area (Å²) < 4.78 is 22.8. The maximum Gasteiger partial charge on any atom is 0.306 e. The van der Waals surface area contributed by atoms with Crippen molar-refractivity contribution in [3.05, 3.63) is 35.6 Å². The van der Waals surface area contributed by atoms with Crippen LogP contribution < -0.4 is 0 Å². The Morgan fingerprint density at radius 3 is 2.53 bits per heavy atom. The van der Waals surface area contributed by atoms with Gasteiger partial charge in [0.2, 0.25) is 0 Å². The summed E-state index contributed by atoms with van der Waals surface area (Å²) in [5.74, 6) is -1.70. The van der Waals surface area contributed by atoms with Crippen molar-refractivity contribution in [3.8, 4) is 0 Å². The van der Waals surface area contributed by atoms with Crippen LogP contribution >= 0.6 is 0 Å². The van der Waals surface area contributed by atoms with E-state index in [2.05, 4.69) is 0 Å². The molecule has 0 aliphatic carbocycles. The zero-order chi connectivity index (χ0) is 14.1. The molecule has 0 radical (unpaired) electrons. The van der Waals surface area contributed by atoms with Crippen LogP contribution in [0.1, 0.15) is 12.0 Å². The van der Waals surface area contributed by atoms with Crippen molar-refractivity contribution in [3.63, 3.8) is 0 Å². The van der Waals surface area contributed by atoms with Gasteiger partial charge in [-0.3, -0.25) is 4.79 Å². The SMILES string of the molecule is COCCOCCC(Cc1ccc(F)cc1)C(=O)O. The molecule has 0 spiro atoms. The van der Waals surface area contributed by atoms with Gasteiger partial charge in [0.05, 0.1) is 19.1 Å². The molecule has 0 fully saturated rings. The Kier molecular flexibility index (Phi) is 7.07. The molecule has 1 aromatic carbocycles. The number of aliphatic carboxylic acids is 1. The van der Waals surface area contributed by atoms with Crippen LogP contribution in [-0.4, -0.2) is 38.0 Å². The van der Waals surface area contributed by atoms with Gasteiger partial charge < -0.3 is 14.6 Å². The second-order valence-corrected chi connectivity index (χ2v) is 4.26. The van der Waals surface area contributed by atoms with E-state index in [1.807, 2.05) is 0 Å². The van der Waals surface area contributed by atoms with Crippen LogP contribution in [0.3, 0.4) is 0 Å². The van der Waals surface area contributed by atoms with E-state index >= 15 is 0 Å². The number of carbonyl (C=O) groups is 1. The number of benzene rings is 1. The largest absolute Gasteiger partial charge is 0.481 e. The van der Waals surface area contributed by atoms with Crippen molar-refractivity contribution >= 4 is 5.97 Å². The van der Waals surface area contributed by atoms with Crippen molar-refractivity contribution < 1.29 is 23.8 Å². The third kappa shape index (κ3) is 6.31. The highest BCUT2D eigenvalue weighted by atomic mass is 19.1. The summed E-state index contributed by atoms with van der Waals surface area (Å²) in [5, 5.41) is 9.14. The Labute approximate surface area is 112 Å². The minimum atomic E-state index is -0.861. The molecule has 5 heteroatoms. The van der Waals surface area contributed by atoms with Gasteiger partial charge in [-0.2, -0.15) is 0 Å². The highest BCUT2D eigenvalue weighted by Crippen LogP contribution is 2.13. The lowest BCUT2D eigenvalue weighted by molar-refractivity contribution is -0.142. The van der Waals surface area contributed by atoms with E-state index in [1.54, 1.807) is 19.2 Å². The number of methoxy groups -OCH3 is 1. The van der Waals surface area contributed by atoms with Crippen LogP contribution in [0.25, 0.3) is 0 Å². The molecule has 0 bridgehead atoms. The first-order valence-electron chi connectivity index (χ1n) is 6.17. The molecule has 4 nitrogen and oxygen atoms in total. The molecular formula is C14H19FO4. The standard InChI is InChI=1S/C14H19FO4/c1-18-8-9-19-7-6-12(14(16)17)10-11-2-4-13(15)5-3-11/h2-5,12H,6-10H2,1H3,(H,16,17). The summed E-state index contributed by atoms with van der Waals surface area (Å²) in [4.78, 5) is 11.1. The van der Waals surface area contributed by atoms with E-state index in [1.165, 1.54) is 12.1 Å². The third-order valence-electron chi connectivity index (χ3n) is 2.79. The zero-order valence-corrected chi connectivity index (χ0v) is 11.0. The van der Waals surface area contributed by atoms with Gasteiger partial charge in [-0.1, -0.05) is 12.1 Å². The average molecular weight is 270 g/mol.